The predicted octanol–water partition coefficient (Wildman–Crippen LogP) is 3.22. The fourth-order valence-corrected chi connectivity index (χ4v) is 2.88. The summed E-state index contributed by atoms with van der Waals surface area (Å²) in [5.41, 5.74) is 3.67. The number of carbonyl (C=O) groups excluding carboxylic acids is 2. The molecule has 0 unspecified atom stereocenters. The summed E-state index contributed by atoms with van der Waals surface area (Å²) in [6, 6.07) is 12.3. The molecule has 2 amide bonds. The van der Waals surface area contributed by atoms with E-state index < -0.39 is 11.7 Å². The number of benzene rings is 2. The molecular weight excluding hydrogens is 333 g/mol. The average molecular weight is 353 g/mol. The van der Waals surface area contributed by atoms with E-state index in [1.54, 1.807) is 13.0 Å². The van der Waals surface area contributed by atoms with Gasteiger partial charge in [-0.3, -0.25) is 9.59 Å². The van der Waals surface area contributed by atoms with E-state index in [4.69, 9.17) is 0 Å². The monoisotopic (exact) mass is 353 g/mol. The number of aromatic nitrogens is 1. The number of fused-ring (bicyclic) bond motifs is 1. The molecule has 0 saturated heterocycles. The summed E-state index contributed by atoms with van der Waals surface area (Å²) in [6.07, 6.45) is 0.169. The van der Waals surface area contributed by atoms with Crippen LogP contribution in [-0.2, 0) is 16.0 Å². The zero-order valence-electron chi connectivity index (χ0n) is 14.7. The van der Waals surface area contributed by atoms with Crippen molar-refractivity contribution in [3.63, 3.8) is 0 Å². The Labute approximate surface area is 150 Å². The number of carbonyl (C=O) groups is 2. The van der Waals surface area contributed by atoms with Crippen molar-refractivity contribution in [3.8, 4) is 0 Å². The topological polar surface area (TPSA) is 74.0 Å². The first-order chi connectivity index (χ1) is 12.4. The molecule has 0 aliphatic rings. The molecule has 0 saturated carbocycles. The Balaban J connectivity index is 1.58. The van der Waals surface area contributed by atoms with Crippen LogP contribution >= 0.6 is 0 Å². The van der Waals surface area contributed by atoms with E-state index in [0.29, 0.717) is 0 Å². The Morgan fingerprint density at radius 3 is 2.62 bits per heavy atom. The van der Waals surface area contributed by atoms with Gasteiger partial charge in [0.15, 0.2) is 0 Å². The minimum Gasteiger partial charge on any atom is -0.358 e. The number of aryl methyl sites for hydroxylation is 2. The molecule has 1 aromatic heterocycles. The highest BCUT2D eigenvalue weighted by atomic mass is 19.1. The molecule has 0 spiro atoms. The number of hydrogen-bond donors (Lipinski definition) is 3. The maximum absolute atomic E-state index is 13.7. The number of anilines is 1. The molecule has 3 N–H and O–H groups in total. The number of halogens is 1. The molecule has 26 heavy (non-hydrogen) atoms. The predicted molar refractivity (Wildman–Crippen MR) is 99.5 cm³/mol. The van der Waals surface area contributed by atoms with Crippen LogP contribution in [0.1, 0.15) is 16.8 Å². The lowest BCUT2D eigenvalue weighted by Crippen LogP contribution is -2.34. The molecule has 0 radical (unpaired) electrons. The quantitative estimate of drug-likeness (QED) is 0.659. The molecule has 3 rings (SSSR count). The SMILES string of the molecule is Cc1ccc(NC(=O)CNC(=O)Cc2c(C)[nH]c3ccccc23)c(F)c1. The Kier molecular flexibility index (Phi) is 5.02. The molecule has 3 aromatic rings. The molecule has 0 aliphatic carbocycles. The van der Waals surface area contributed by atoms with Crippen LogP contribution in [-0.4, -0.2) is 23.3 Å². The highest BCUT2D eigenvalue weighted by molar-refractivity contribution is 5.96. The van der Waals surface area contributed by atoms with Gasteiger partial charge < -0.3 is 15.6 Å². The van der Waals surface area contributed by atoms with Crippen molar-refractivity contribution < 1.29 is 14.0 Å². The van der Waals surface area contributed by atoms with Gasteiger partial charge in [0.2, 0.25) is 11.8 Å². The molecule has 6 heteroatoms. The summed E-state index contributed by atoms with van der Waals surface area (Å²) in [5.74, 6) is -1.24. The molecule has 0 bridgehead atoms. The second-order valence-corrected chi connectivity index (χ2v) is 6.26. The van der Waals surface area contributed by atoms with E-state index in [1.807, 2.05) is 31.2 Å². The van der Waals surface area contributed by atoms with E-state index in [-0.39, 0.29) is 24.6 Å². The van der Waals surface area contributed by atoms with Gasteiger partial charge in [-0.15, -0.1) is 0 Å². The number of H-pyrrole nitrogens is 1. The molecule has 1 heterocycles. The largest absolute Gasteiger partial charge is 0.358 e. The first-order valence-corrected chi connectivity index (χ1v) is 8.33. The van der Waals surface area contributed by atoms with Crippen molar-refractivity contribution in [1.29, 1.82) is 0 Å². The maximum atomic E-state index is 13.7. The number of hydrogen-bond acceptors (Lipinski definition) is 2. The van der Waals surface area contributed by atoms with Crippen molar-refractivity contribution in [2.45, 2.75) is 20.3 Å². The van der Waals surface area contributed by atoms with Gasteiger partial charge in [-0.1, -0.05) is 24.3 Å². The molecule has 134 valence electrons. The van der Waals surface area contributed by atoms with Crippen molar-refractivity contribution in [1.82, 2.24) is 10.3 Å². The van der Waals surface area contributed by atoms with Gasteiger partial charge in [0, 0.05) is 16.6 Å². The average Bonchev–Trinajstić information content (AvgIpc) is 2.91. The lowest BCUT2D eigenvalue weighted by Gasteiger charge is -2.08. The number of amides is 2. The first kappa shape index (κ1) is 17.7. The molecule has 0 aliphatic heterocycles. The lowest BCUT2D eigenvalue weighted by molar-refractivity contribution is -0.123. The third kappa shape index (κ3) is 3.91. The van der Waals surface area contributed by atoms with E-state index in [2.05, 4.69) is 15.6 Å². The smallest absolute Gasteiger partial charge is 0.243 e. The van der Waals surface area contributed by atoms with Crippen LogP contribution in [0.3, 0.4) is 0 Å². The second-order valence-electron chi connectivity index (χ2n) is 6.26. The Morgan fingerprint density at radius 2 is 1.85 bits per heavy atom. The number of para-hydroxylation sites is 1. The Morgan fingerprint density at radius 1 is 1.08 bits per heavy atom. The van der Waals surface area contributed by atoms with Crippen LogP contribution in [0, 0.1) is 19.7 Å². The highest BCUT2D eigenvalue weighted by Gasteiger charge is 2.13. The minimum atomic E-state index is -0.501. The second kappa shape index (κ2) is 7.39. The van der Waals surface area contributed by atoms with Gasteiger partial charge in [0.05, 0.1) is 18.7 Å². The normalized spacial score (nSPS) is 10.7. The standard InChI is InChI=1S/C20H20FN3O2/c1-12-7-8-18(16(21)9-12)24-20(26)11-22-19(25)10-15-13(2)23-17-6-4-3-5-14(15)17/h3-9,23H,10-11H2,1-2H3,(H,22,25)(H,24,26). The molecule has 0 fully saturated rings. The summed E-state index contributed by atoms with van der Waals surface area (Å²) in [6.45, 7) is 3.46. The van der Waals surface area contributed by atoms with E-state index in [1.165, 1.54) is 12.1 Å². The van der Waals surface area contributed by atoms with E-state index >= 15 is 0 Å². The van der Waals surface area contributed by atoms with Crippen LogP contribution < -0.4 is 10.6 Å². The maximum Gasteiger partial charge on any atom is 0.243 e. The van der Waals surface area contributed by atoms with Gasteiger partial charge >= 0.3 is 0 Å². The fraction of sp³-hybridized carbons (Fsp3) is 0.200. The van der Waals surface area contributed by atoms with Crippen LogP contribution in [0.4, 0.5) is 10.1 Å². The summed E-state index contributed by atoms with van der Waals surface area (Å²) >= 11 is 0. The highest BCUT2D eigenvalue weighted by Crippen LogP contribution is 2.22. The number of aromatic amines is 1. The minimum absolute atomic E-state index is 0.0994. The Bertz CT molecular complexity index is 978. The summed E-state index contributed by atoms with van der Waals surface area (Å²) in [7, 11) is 0. The van der Waals surface area contributed by atoms with Gasteiger partial charge in [-0.05, 0) is 43.2 Å². The van der Waals surface area contributed by atoms with E-state index in [9.17, 15) is 14.0 Å². The van der Waals surface area contributed by atoms with Crippen molar-refractivity contribution in [2.24, 2.45) is 0 Å². The summed E-state index contributed by atoms with van der Waals surface area (Å²) in [4.78, 5) is 27.4. The summed E-state index contributed by atoms with van der Waals surface area (Å²) < 4.78 is 13.7. The molecule has 0 atom stereocenters. The van der Waals surface area contributed by atoms with E-state index in [0.717, 1.165) is 27.7 Å². The molecule has 2 aromatic carbocycles. The fourth-order valence-electron chi connectivity index (χ4n) is 2.88. The van der Waals surface area contributed by atoms with Crippen LogP contribution in [0.2, 0.25) is 0 Å². The van der Waals surface area contributed by atoms with Gasteiger partial charge in [0.1, 0.15) is 5.82 Å². The third-order valence-corrected chi connectivity index (χ3v) is 4.21. The number of rotatable bonds is 5. The first-order valence-electron chi connectivity index (χ1n) is 8.33. The van der Waals surface area contributed by atoms with Crippen LogP contribution in [0.5, 0.6) is 0 Å². The van der Waals surface area contributed by atoms with Crippen molar-refractivity contribution in [2.75, 3.05) is 11.9 Å². The zero-order valence-corrected chi connectivity index (χ0v) is 14.7. The number of nitrogens with one attached hydrogen (secondary N) is 3. The van der Waals surface area contributed by atoms with Crippen LogP contribution in [0.25, 0.3) is 10.9 Å². The molecular formula is C20H20FN3O2. The van der Waals surface area contributed by atoms with Crippen LogP contribution in [0.15, 0.2) is 42.5 Å². The van der Waals surface area contributed by atoms with Gasteiger partial charge in [0.25, 0.3) is 0 Å². The zero-order chi connectivity index (χ0) is 18.7. The molecule has 5 nitrogen and oxygen atoms in total. The Hall–Kier alpha value is -3.15. The van der Waals surface area contributed by atoms with Crippen molar-refractivity contribution in [3.05, 3.63) is 65.1 Å². The van der Waals surface area contributed by atoms with Crippen molar-refractivity contribution >= 4 is 28.4 Å². The van der Waals surface area contributed by atoms with Gasteiger partial charge in [-0.25, -0.2) is 4.39 Å². The summed E-state index contributed by atoms with van der Waals surface area (Å²) in [5, 5.41) is 6.03. The third-order valence-electron chi connectivity index (χ3n) is 4.21. The lowest BCUT2D eigenvalue weighted by atomic mass is 10.1. The van der Waals surface area contributed by atoms with Gasteiger partial charge in [-0.2, -0.15) is 0 Å².